The number of benzene rings is 1. The Balaban J connectivity index is 1.96. The van der Waals surface area contributed by atoms with E-state index in [1.165, 1.54) is 23.3 Å². The molecule has 0 spiro atoms. The van der Waals surface area contributed by atoms with E-state index >= 15 is 0 Å². The van der Waals surface area contributed by atoms with Crippen LogP contribution in [0.25, 0.3) is 0 Å². The van der Waals surface area contributed by atoms with Crippen LogP contribution in [0.3, 0.4) is 0 Å². The van der Waals surface area contributed by atoms with Crippen LogP contribution in [0.2, 0.25) is 0 Å². The van der Waals surface area contributed by atoms with Gasteiger partial charge in [-0.3, -0.25) is 0 Å². The highest BCUT2D eigenvalue weighted by Crippen LogP contribution is 2.25. The number of thioether (sulfide) groups is 1. The van der Waals surface area contributed by atoms with E-state index in [1.54, 1.807) is 17.1 Å². The highest BCUT2D eigenvalue weighted by molar-refractivity contribution is 9.10. The fraction of sp³-hybridized carbons (Fsp3) is 0.167. The van der Waals surface area contributed by atoms with Gasteiger partial charge in [-0.05, 0) is 24.3 Å². The largest absolute Gasteiger partial charge is 0.464 e. The molecule has 0 amide bonds. The summed E-state index contributed by atoms with van der Waals surface area (Å²) in [5.41, 5.74) is 0.383. The zero-order valence-electron chi connectivity index (χ0n) is 9.55. The number of carbonyl (C=O) groups is 1. The molecule has 0 aliphatic rings. The Kier molecular flexibility index (Phi) is 4.79. The van der Waals surface area contributed by atoms with E-state index in [9.17, 15) is 4.79 Å². The number of esters is 1. The monoisotopic (exact) mass is 343 g/mol. The third kappa shape index (κ3) is 3.57. The number of hydrogen-bond donors (Lipinski definition) is 0. The second kappa shape index (κ2) is 6.36. The first kappa shape index (κ1) is 13.6. The highest BCUT2D eigenvalue weighted by atomic mass is 79.9. The van der Waals surface area contributed by atoms with Gasteiger partial charge in [0.1, 0.15) is 5.01 Å². The van der Waals surface area contributed by atoms with E-state index < -0.39 is 0 Å². The van der Waals surface area contributed by atoms with Gasteiger partial charge in [0.15, 0.2) is 5.69 Å². The Labute approximate surface area is 122 Å². The lowest BCUT2D eigenvalue weighted by molar-refractivity contribution is 0.0595. The van der Waals surface area contributed by atoms with Crippen molar-refractivity contribution in [3.63, 3.8) is 0 Å². The quantitative estimate of drug-likeness (QED) is 0.621. The third-order valence-electron chi connectivity index (χ3n) is 2.12. The predicted octanol–water partition coefficient (Wildman–Crippen LogP) is 3.98. The molecule has 18 heavy (non-hydrogen) atoms. The summed E-state index contributed by atoms with van der Waals surface area (Å²) in [6.07, 6.45) is 0. The summed E-state index contributed by atoms with van der Waals surface area (Å²) < 4.78 is 5.68. The number of carbonyl (C=O) groups excluding carboxylic acids is 1. The van der Waals surface area contributed by atoms with Crippen LogP contribution in [0, 0.1) is 0 Å². The standard InChI is InChI=1S/C12H10BrNO2S2/c1-16-12(15)10-6-18-11(14-10)7-17-9-4-2-8(13)3-5-9/h2-6H,7H2,1H3. The Morgan fingerprint density at radius 1 is 1.44 bits per heavy atom. The summed E-state index contributed by atoms with van der Waals surface area (Å²) in [5, 5.41) is 2.65. The van der Waals surface area contributed by atoms with Crippen LogP contribution in [0.1, 0.15) is 15.5 Å². The fourth-order valence-corrected chi connectivity index (χ4v) is 3.20. The summed E-state index contributed by atoms with van der Waals surface area (Å²) in [4.78, 5) is 16.7. The van der Waals surface area contributed by atoms with E-state index in [0.29, 0.717) is 5.69 Å². The molecule has 0 bridgehead atoms. The molecule has 94 valence electrons. The van der Waals surface area contributed by atoms with Crippen molar-refractivity contribution in [3.8, 4) is 0 Å². The molecule has 6 heteroatoms. The Morgan fingerprint density at radius 2 is 2.17 bits per heavy atom. The molecule has 0 N–H and O–H groups in total. The minimum Gasteiger partial charge on any atom is -0.464 e. The maximum atomic E-state index is 11.2. The third-order valence-corrected chi connectivity index (χ3v) is 4.71. The molecule has 2 aromatic rings. The normalized spacial score (nSPS) is 10.3. The smallest absolute Gasteiger partial charge is 0.357 e. The molecule has 0 aliphatic carbocycles. The maximum absolute atomic E-state index is 11.2. The molecule has 0 radical (unpaired) electrons. The van der Waals surface area contributed by atoms with Gasteiger partial charge in [0.05, 0.1) is 12.9 Å². The number of methoxy groups -OCH3 is 1. The van der Waals surface area contributed by atoms with Crippen LogP contribution in [0.5, 0.6) is 0 Å². The van der Waals surface area contributed by atoms with Crippen molar-refractivity contribution in [2.75, 3.05) is 7.11 Å². The maximum Gasteiger partial charge on any atom is 0.357 e. The summed E-state index contributed by atoms with van der Waals surface area (Å²) in [5.74, 6) is 0.370. The van der Waals surface area contributed by atoms with Crippen molar-refractivity contribution in [2.24, 2.45) is 0 Å². The summed E-state index contributed by atoms with van der Waals surface area (Å²) >= 11 is 6.56. The molecular formula is C12H10BrNO2S2. The molecular weight excluding hydrogens is 334 g/mol. The van der Waals surface area contributed by atoms with Crippen molar-refractivity contribution in [1.29, 1.82) is 0 Å². The Morgan fingerprint density at radius 3 is 2.83 bits per heavy atom. The molecule has 1 aromatic heterocycles. The van der Waals surface area contributed by atoms with E-state index in [0.717, 1.165) is 15.2 Å². The number of aromatic nitrogens is 1. The molecule has 0 saturated heterocycles. The molecule has 0 fully saturated rings. The van der Waals surface area contributed by atoms with Gasteiger partial charge in [-0.25, -0.2) is 9.78 Å². The number of thiazole rings is 1. The molecule has 0 atom stereocenters. The zero-order valence-corrected chi connectivity index (χ0v) is 12.8. The first-order valence-electron chi connectivity index (χ1n) is 5.10. The van der Waals surface area contributed by atoms with E-state index in [1.807, 2.05) is 24.3 Å². The van der Waals surface area contributed by atoms with Crippen LogP contribution in [0.4, 0.5) is 0 Å². The molecule has 2 rings (SSSR count). The number of rotatable bonds is 4. The van der Waals surface area contributed by atoms with Gasteiger partial charge >= 0.3 is 5.97 Å². The van der Waals surface area contributed by atoms with Crippen molar-refractivity contribution in [2.45, 2.75) is 10.6 Å². The second-order valence-corrected chi connectivity index (χ2v) is 6.27. The van der Waals surface area contributed by atoms with Gasteiger partial charge in [-0.2, -0.15) is 0 Å². The highest BCUT2D eigenvalue weighted by Gasteiger charge is 2.10. The summed E-state index contributed by atoms with van der Waals surface area (Å²) in [6, 6.07) is 8.10. The first-order chi connectivity index (χ1) is 8.69. The van der Waals surface area contributed by atoms with E-state index in [4.69, 9.17) is 0 Å². The van der Waals surface area contributed by atoms with Crippen LogP contribution in [-0.2, 0) is 10.5 Å². The lowest BCUT2D eigenvalue weighted by Crippen LogP contribution is -2.01. The van der Waals surface area contributed by atoms with Gasteiger partial charge in [0.2, 0.25) is 0 Å². The Hall–Kier alpha value is -0.850. The number of nitrogens with zero attached hydrogens (tertiary/aromatic N) is 1. The van der Waals surface area contributed by atoms with Crippen molar-refractivity contribution >= 4 is 45.0 Å². The lowest BCUT2D eigenvalue weighted by Gasteiger charge is -1.99. The molecule has 0 aliphatic heterocycles. The van der Waals surface area contributed by atoms with Crippen LogP contribution in [0.15, 0.2) is 39.0 Å². The van der Waals surface area contributed by atoms with Gasteiger partial charge in [0.25, 0.3) is 0 Å². The summed E-state index contributed by atoms with van der Waals surface area (Å²) in [7, 11) is 1.36. The van der Waals surface area contributed by atoms with Crippen molar-refractivity contribution in [1.82, 2.24) is 4.98 Å². The predicted molar refractivity (Wildman–Crippen MR) is 77.2 cm³/mol. The van der Waals surface area contributed by atoms with Crippen molar-refractivity contribution in [3.05, 3.63) is 44.8 Å². The van der Waals surface area contributed by atoms with E-state index in [2.05, 4.69) is 25.7 Å². The van der Waals surface area contributed by atoms with Crippen LogP contribution in [-0.4, -0.2) is 18.1 Å². The van der Waals surface area contributed by atoms with Gasteiger partial charge in [0, 0.05) is 14.7 Å². The van der Waals surface area contributed by atoms with E-state index in [-0.39, 0.29) is 5.97 Å². The molecule has 0 unspecified atom stereocenters. The van der Waals surface area contributed by atoms with Crippen LogP contribution >= 0.6 is 39.0 Å². The minimum absolute atomic E-state index is 0.383. The van der Waals surface area contributed by atoms with Gasteiger partial charge < -0.3 is 4.74 Å². The zero-order chi connectivity index (χ0) is 13.0. The van der Waals surface area contributed by atoms with Gasteiger partial charge in [-0.15, -0.1) is 23.1 Å². The fourth-order valence-electron chi connectivity index (χ4n) is 1.25. The first-order valence-corrected chi connectivity index (χ1v) is 7.76. The number of halogens is 1. The average Bonchev–Trinajstić information content (AvgIpc) is 2.86. The summed E-state index contributed by atoms with van der Waals surface area (Å²) in [6.45, 7) is 0. The molecule has 1 heterocycles. The number of ether oxygens (including phenoxy) is 1. The molecule has 1 aromatic carbocycles. The van der Waals surface area contributed by atoms with Crippen molar-refractivity contribution < 1.29 is 9.53 Å². The molecule has 0 saturated carbocycles. The van der Waals surface area contributed by atoms with Gasteiger partial charge in [-0.1, -0.05) is 15.9 Å². The Bertz CT molecular complexity index is 539. The topological polar surface area (TPSA) is 39.2 Å². The average molecular weight is 344 g/mol. The SMILES string of the molecule is COC(=O)c1csc(CSc2ccc(Br)cc2)n1. The van der Waals surface area contributed by atoms with Crippen LogP contribution < -0.4 is 0 Å². The molecule has 3 nitrogen and oxygen atoms in total. The second-order valence-electron chi connectivity index (χ2n) is 3.36. The lowest BCUT2D eigenvalue weighted by atomic mass is 10.4. The minimum atomic E-state index is -0.383. The number of hydrogen-bond acceptors (Lipinski definition) is 5.